The maximum absolute atomic E-state index is 13.6. The van der Waals surface area contributed by atoms with Gasteiger partial charge in [-0.2, -0.15) is 9.78 Å². The van der Waals surface area contributed by atoms with E-state index in [1.54, 1.807) is 29.1 Å². The molecule has 0 aromatic carbocycles. The van der Waals surface area contributed by atoms with Crippen LogP contribution in [0.3, 0.4) is 0 Å². The number of carbonyl (C=O) groups is 1. The van der Waals surface area contributed by atoms with Crippen molar-refractivity contribution in [3.8, 4) is 16.9 Å². The number of amides is 1. The maximum Gasteiger partial charge on any atom is 0.275 e. The molecule has 1 amide bonds. The maximum atomic E-state index is 13.6. The van der Waals surface area contributed by atoms with E-state index in [-0.39, 0.29) is 28.6 Å². The summed E-state index contributed by atoms with van der Waals surface area (Å²) in [5.41, 5.74) is 0.459. The molecule has 0 radical (unpaired) electrons. The lowest BCUT2D eigenvalue weighted by Crippen LogP contribution is -2.16. The van der Waals surface area contributed by atoms with E-state index in [9.17, 15) is 13.6 Å². The van der Waals surface area contributed by atoms with Gasteiger partial charge >= 0.3 is 0 Å². The Kier molecular flexibility index (Phi) is 5.56. The second-order valence-corrected chi connectivity index (χ2v) is 8.34. The molecule has 1 fully saturated rings. The third kappa shape index (κ3) is 4.26. The quantitative estimate of drug-likeness (QED) is 0.439. The van der Waals surface area contributed by atoms with Crippen LogP contribution in [0.5, 0.6) is 0 Å². The minimum Gasteiger partial charge on any atom is -0.305 e. The van der Waals surface area contributed by atoms with Gasteiger partial charge in [0.25, 0.3) is 12.3 Å². The first-order valence-electron chi connectivity index (χ1n) is 10.8. The van der Waals surface area contributed by atoms with Crippen molar-refractivity contribution in [3.63, 3.8) is 0 Å². The Labute approximate surface area is 193 Å². The molecule has 10 nitrogen and oxygen atoms in total. The van der Waals surface area contributed by atoms with Gasteiger partial charge in [-0.15, -0.1) is 5.10 Å². The molecule has 5 rings (SSSR count). The summed E-state index contributed by atoms with van der Waals surface area (Å²) in [5, 5.41) is 18.6. The molecule has 0 unspecified atom stereocenters. The van der Waals surface area contributed by atoms with E-state index in [0.29, 0.717) is 23.2 Å². The highest BCUT2D eigenvalue weighted by atomic mass is 19.3. The second kappa shape index (κ2) is 8.69. The van der Waals surface area contributed by atoms with Crippen molar-refractivity contribution >= 4 is 11.7 Å². The number of hydrogen-bond donors (Lipinski definition) is 1. The van der Waals surface area contributed by atoms with Crippen molar-refractivity contribution in [1.82, 2.24) is 40.0 Å². The molecule has 4 aromatic heterocycles. The van der Waals surface area contributed by atoms with Gasteiger partial charge in [-0.3, -0.25) is 14.5 Å². The van der Waals surface area contributed by atoms with Crippen LogP contribution < -0.4 is 5.32 Å². The first-order chi connectivity index (χ1) is 16.4. The van der Waals surface area contributed by atoms with E-state index in [0.717, 1.165) is 19.0 Å². The van der Waals surface area contributed by atoms with Crippen molar-refractivity contribution in [2.24, 2.45) is 0 Å². The zero-order chi connectivity index (χ0) is 23.8. The summed E-state index contributed by atoms with van der Waals surface area (Å²) in [7, 11) is 0. The average molecular weight is 465 g/mol. The van der Waals surface area contributed by atoms with Crippen LogP contribution >= 0.6 is 0 Å². The molecule has 1 aliphatic rings. The number of pyridine rings is 2. The molecule has 0 aliphatic heterocycles. The van der Waals surface area contributed by atoms with Crippen LogP contribution in [0.25, 0.3) is 16.9 Å². The number of nitrogens with one attached hydrogen (secondary N) is 1. The van der Waals surface area contributed by atoms with Gasteiger partial charge in [0.2, 0.25) is 0 Å². The Morgan fingerprint density at radius 2 is 2.03 bits per heavy atom. The molecule has 4 aromatic rings. The third-order valence-electron chi connectivity index (χ3n) is 5.44. The molecule has 0 atom stereocenters. The largest absolute Gasteiger partial charge is 0.305 e. The fraction of sp³-hybridized carbons (Fsp3) is 0.318. The molecule has 1 saturated carbocycles. The predicted molar refractivity (Wildman–Crippen MR) is 118 cm³/mol. The topological polar surface area (TPSA) is 116 Å². The second-order valence-electron chi connectivity index (χ2n) is 8.34. The molecule has 1 aliphatic carbocycles. The Balaban J connectivity index is 1.42. The minimum absolute atomic E-state index is 0.0175. The highest BCUT2D eigenvalue weighted by molar-refractivity contribution is 6.03. The lowest BCUT2D eigenvalue weighted by molar-refractivity contribution is 0.102. The van der Waals surface area contributed by atoms with Crippen molar-refractivity contribution in [2.45, 2.75) is 45.1 Å². The van der Waals surface area contributed by atoms with Gasteiger partial charge in [0.05, 0.1) is 12.2 Å². The summed E-state index contributed by atoms with van der Waals surface area (Å²) in [5.74, 6) is 0.783. The monoisotopic (exact) mass is 465 g/mol. The normalized spacial score (nSPS) is 13.6. The molecule has 12 heteroatoms. The summed E-state index contributed by atoms with van der Waals surface area (Å²) in [4.78, 5) is 21.3. The number of nitrogens with zero attached hydrogens (tertiary/aromatic N) is 8. The summed E-state index contributed by atoms with van der Waals surface area (Å²) >= 11 is 0. The Morgan fingerprint density at radius 3 is 2.76 bits per heavy atom. The van der Waals surface area contributed by atoms with Gasteiger partial charge in [0, 0.05) is 29.4 Å². The first-order valence-corrected chi connectivity index (χ1v) is 10.8. The van der Waals surface area contributed by atoms with Crippen LogP contribution in [0.4, 0.5) is 14.6 Å². The number of carbonyl (C=O) groups excluding carboxylic acids is 1. The van der Waals surface area contributed by atoms with Crippen molar-refractivity contribution in [1.29, 1.82) is 0 Å². The standard InChI is InChI=1S/C22H21F2N9O/c1-12(2)21-29-30-31-33(21)19-5-3-4-18(27-19)28-22(34)17-8-15(16(10-25-17)20(23)24)13-9-26-32(11-13)14-6-7-14/h3-5,8-12,14,20H,6-7H2,1-2H3,(H,27,28,34). The fourth-order valence-corrected chi connectivity index (χ4v) is 3.54. The van der Waals surface area contributed by atoms with Crippen molar-refractivity contribution in [2.75, 3.05) is 5.32 Å². The molecule has 0 saturated heterocycles. The van der Waals surface area contributed by atoms with E-state index in [1.165, 1.54) is 16.9 Å². The number of anilines is 1. The van der Waals surface area contributed by atoms with Crippen LogP contribution in [0, 0.1) is 0 Å². The molecule has 1 N–H and O–H groups in total. The van der Waals surface area contributed by atoms with Crippen LogP contribution in [-0.2, 0) is 0 Å². The SMILES string of the molecule is CC(C)c1nnnn1-c1cccc(NC(=O)c2cc(-c3cnn(C4CC4)c3)c(C(F)F)cn2)n1. The molecular formula is C22H21F2N9O. The van der Waals surface area contributed by atoms with Crippen LogP contribution in [0.2, 0.25) is 0 Å². The Bertz CT molecular complexity index is 1340. The highest BCUT2D eigenvalue weighted by Crippen LogP contribution is 2.37. The van der Waals surface area contributed by atoms with Gasteiger partial charge in [0.15, 0.2) is 11.6 Å². The smallest absolute Gasteiger partial charge is 0.275 e. The third-order valence-corrected chi connectivity index (χ3v) is 5.44. The van der Waals surface area contributed by atoms with E-state index in [2.05, 4.69) is 35.9 Å². The summed E-state index contributed by atoms with van der Waals surface area (Å²) in [6.07, 6.45) is 3.58. The lowest BCUT2D eigenvalue weighted by atomic mass is 10.0. The molecule has 34 heavy (non-hydrogen) atoms. The first kappa shape index (κ1) is 21.7. The minimum atomic E-state index is -2.74. The molecule has 174 valence electrons. The fourth-order valence-electron chi connectivity index (χ4n) is 3.54. The number of aromatic nitrogens is 8. The highest BCUT2D eigenvalue weighted by Gasteiger charge is 2.26. The zero-order valence-corrected chi connectivity index (χ0v) is 18.4. The van der Waals surface area contributed by atoms with E-state index >= 15 is 0 Å². The van der Waals surface area contributed by atoms with E-state index in [1.807, 2.05) is 13.8 Å². The Morgan fingerprint density at radius 1 is 1.21 bits per heavy atom. The predicted octanol–water partition coefficient (Wildman–Crippen LogP) is 3.96. The van der Waals surface area contributed by atoms with Crippen LogP contribution in [0.1, 0.15) is 67.0 Å². The van der Waals surface area contributed by atoms with Crippen LogP contribution in [0.15, 0.2) is 42.9 Å². The average Bonchev–Trinajstić information content (AvgIpc) is 3.34. The summed E-state index contributed by atoms with van der Waals surface area (Å²) in [6.45, 7) is 3.91. The van der Waals surface area contributed by atoms with Gasteiger partial charge in [0.1, 0.15) is 11.5 Å². The van der Waals surface area contributed by atoms with Gasteiger partial charge in [-0.05, 0) is 47.0 Å². The Hall–Kier alpha value is -4.09. The zero-order valence-electron chi connectivity index (χ0n) is 18.4. The van der Waals surface area contributed by atoms with E-state index < -0.39 is 12.3 Å². The number of halogens is 2. The van der Waals surface area contributed by atoms with Gasteiger partial charge in [-0.1, -0.05) is 19.9 Å². The van der Waals surface area contributed by atoms with E-state index in [4.69, 9.17) is 0 Å². The van der Waals surface area contributed by atoms with Gasteiger partial charge < -0.3 is 5.32 Å². The molecule has 4 heterocycles. The van der Waals surface area contributed by atoms with Crippen molar-refractivity contribution in [3.05, 3.63) is 59.9 Å². The van der Waals surface area contributed by atoms with Gasteiger partial charge in [-0.25, -0.2) is 13.8 Å². The summed E-state index contributed by atoms with van der Waals surface area (Å²) in [6, 6.07) is 6.68. The summed E-state index contributed by atoms with van der Waals surface area (Å²) < 4.78 is 30.5. The molecule has 0 spiro atoms. The van der Waals surface area contributed by atoms with Crippen molar-refractivity contribution < 1.29 is 13.6 Å². The number of rotatable bonds is 7. The number of alkyl halides is 2. The molecular weight excluding hydrogens is 444 g/mol. The number of tetrazole rings is 1. The lowest BCUT2D eigenvalue weighted by Gasteiger charge is -2.11. The van der Waals surface area contributed by atoms with Crippen LogP contribution in [-0.4, -0.2) is 45.9 Å². The molecule has 0 bridgehead atoms. The number of hydrogen-bond acceptors (Lipinski definition) is 7.